The molecule has 0 aliphatic heterocycles. The van der Waals surface area contributed by atoms with Crippen LogP contribution in [0.3, 0.4) is 0 Å². The average Bonchev–Trinajstić information content (AvgIpc) is 3.38. The first-order valence-corrected chi connectivity index (χ1v) is 13.9. The van der Waals surface area contributed by atoms with Gasteiger partial charge in [0.2, 0.25) is 18.2 Å². The first kappa shape index (κ1) is 37.4. The van der Waals surface area contributed by atoms with Crippen LogP contribution in [-0.2, 0) is 14.3 Å². The van der Waals surface area contributed by atoms with Gasteiger partial charge < -0.3 is 24.5 Å². The summed E-state index contributed by atoms with van der Waals surface area (Å²) < 4.78 is 15.9. The van der Waals surface area contributed by atoms with Crippen molar-refractivity contribution < 1.29 is 23.5 Å². The van der Waals surface area contributed by atoms with Crippen molar-refractivity contribution >= 4 is 12.3 Å². The van der Waals surface area contributed by atoms with Crippen molar-refractivity contribution in [3.63, 3.8) is 0 Å². The summed E-state index contributed by atoms with van der Waals surface area (Å²) in [4.78, 5) is 22.1. The molecule has 38 heavy (non-hydrogen) atoms. The molecular weight excluding hydrogens is 484 g/mol. The Morgan fingerprint density at radius 3 is 1.97 bits per heavy atom. The lowest BCUT2D eigenvalue weighted by atomic mass is 9.97. The second-order valence-corrected chi connectivity index (χ2v) is 8.40. The molecule has 1 unspecified atom stereocenters. The number of aromatic nitrogens is 2. The van der Waals surface area contributed by atoms with Crippen LogP contribution in [0.1, 0.15) is 84.5 Å². The fraction of sp³-hybridized carbons (Fsp3) is 0.655. The normalized spacial score (nSPS) is 10.6. The van der Waals surface area contributed by atoms with Gasteiger partial charge in [0.15, 0.2) is 0 Å². The van der Waals surface area contributed by atoms with Gasteiger partial charge in [0.05, 0.1) is 26.4 Å². The molecule has 218 valence electrons. The molecule has 0 saturated heterocycles. The third-order valence-electron chi connectivity index (χ3n) is 4.87. The largest absolute Gasteiger partial charge is 0.421 e. The van der Waals surface area contributed by atoms with E-state index in [1.807, 2.05) is 27.7 Å². The third-order valence-corrected chi connectivity index (χ3v) is 4.87. The summed E-state index contributed by atoms with van der Waals surface area (Å²) in [6.45, 7) is 21.4. The first-order valence-electron chi connectivity index (χ1n) is 13.9. The number of amides is 2. The minimum Gasteiger partial charge on any atom is -0.421 e. The van der Waals surface area contributed by atoms with Crippen molar-refractivity contribution in [1.29, 1.82) is 0 Å². The fourth-order valence-corrected chi connectivity index (χ4v) is 3.00. The molecule has 1 atom stereocenters. The summed E-state index contributed by atoms with van der Waals surface area (Å²) in [6.07, 6.45) is 3.34. The van der Waals surface area contributed by atoms with Crippen LogP contribution >= 0.6 is 0 Å². The van der Waals surface area contributed by atoms with Crippen molar-refractivity contribution in [2.75, 3.05) is 39.5 Å². The summed E-state index contributed by atoms with van der Waals surface area (Å²) in [7, 11) is 0. The molecule has 0 fully saturated rings. The van der Waals surface area contributed by atoms with E-state index in [2.05, 4.69) is 48.5 Å². The number of nitrogens with one attached hydrogen (secondary N) is 2. The lowest BCUT2D eigenvalue weighted by Crippen LogP contribution is -2.27. The zero-order chi connectivity index (χ0) is 29.2. The second kappa shape index (κ2) is 25.9. The Morgan fingerprint density at radius 2 is 1.53 bits per heavy atom. The van der Waals surface area contributed by atoms with E-state index >= 15 is 0 Å². The highest BCUT2D eigenvalue weighted by Crippen LogP contribution is 2.18. The maximum atomic E-state index is 12.1. The Morgan fingerprint density at radius 1 is 0.947 bits per heavy atom. The van der Waals surface area contributed by atoms with Crippen molar-refractivity contribution in [3.05, 3.63) is 35.7 Å². The van der Waals surface area contributed by atoms with Crippen LogP contribution in [0.25, 0.3) is 11.5 Å². The van der Waals surface area contributed by atoms with Crippen molar-refractivity contribution in [2.45, 2.75) is 75.2 Å². The Kier molecular flexibility index (Phi) is 25.4. The zero-order valence-electron chi connectivity index (χ0n) is 25.1. The van der Waals surface area contributed by atoms with Gasteiger partial charge in [-0.2, -0.15) is 0 Å². The molecule has 2 rings (SSSR count). The Bertz CT molecular complexity index is 810. The van der Waals surface area contributed by atoms with Crippen molar-refractivity contribution in [1.82, 2.24) is 20.8 Å². The molecular formula is C29H52N4O5. The van der Waals surface area contributed by atoms with Gasteiger partial charge in [-0.3, -0.25) is 9.59 Å². The number of rotatable bonds is 15. The highest BCUT2D eigenvalue weighted by atomic mass is 16.5. The van der Waals surface area contributed by atoms with Crippen LogP contribution in [-0.4, -0.2) is 62.0 Å². The highest BCUT2D eigenvalue weighted by Gasteiger charge is 2.08. The standard InChI is InChI=1S/C17H22N4O5.C8H18.2C2H6/c1-13-20-21-17(26-13)15-4-2-14(3-5-15)16(23)19-7-9-25-11-10-24-8-6-18-12-22;1-5-8(4)6-7(2)3;2*1-2/h2-5,12H,6-11H2,1H3,(H,18,22)(H,19,23);7-8H,5-6H2,1-4H3;2*1-2H3. The molecule has 0 radical (unpaired) electrons. The number of benzene rings is 1. The van der Waals surface area contributed by atoms with Gasteiger partial charge in [0, 0.05) is 31.1 Å². The van der Waals surface area contributed by atoms with Crippen LogP contribution in [0.4, 0.5) is 0 Å². The van der Waals surface area contributed by atoms with Crippen LogP contribution in [0, 0.1) is 18.8 Å². The van der Waals surface area contributed by atoms with E-state index in [-0.39, 0.29) is 5.91 Å². The summed E-state index contributed by atoms with van der Waals surface area (Å²) in [6, 6.07) is 6.92. The van der Waals surface area contributed by atoms with E-state index in [9.17, 15) is 9.59 Å². The molecule has 2 N–H and O–H groups in total. The second-order valence-electron chi connectivity index (χ2n) is 8.40. The van der Waals surface area contributed by atoms with Crippen LogP contribution in [0.2, 0.25) is 0 Å². The predicted octanol–water partition coefficient (Wildman–Crippen LogP) is 5.69. The molecule has 0 aliphatic rings. The van der Waals surface area contributed by atoms with Gasteiger partial charge in [-0.1, -0.05) is 61.8 Å². The average molecular weight is 537 g/mol. The molecule has 0 bridgehead atoms. The van der Waals surface area contributed by atoms with E-state index in [0.717, 1.165) is 17.4 Å². The number of hydrogen-bond donors (Lipinski definition) is 2. The lowest BCUT2D eigenvalue weighted by molar-refractivity contribution is -0.109. The molecule has 0 spiro atoms. The van der Waals surface area contributed by atoms with Gasteiger partial charge in [-0.25, -0.2) is 0 Å². The fourth-order valence-electron chi connectivity index (χ4n) is 3.00. The van der Waals surface area contributed by atoms with Crippen molar-refractivity contribution in [2.24, 2.45) is 11.8 Å². The summed E-state index contributed by atoms with van der Waals surface area (Å²) in [5.41, 5.74) is 1.30. The molecule has 2 aromatic rings. The lowest BCUT2D eigenvalue weighted by Gasteiger charge is -2.09. The van der Waals surface area contributed by atoms with Crippen molar-refractivity contribution in [3.8, 4) is 11.5 Å². The number of nitrogens with zero attached hydrogens (tertiary/aromatic N) is 2. The number of carbonyl (C=O) groups is 2. The molecule has 0 saturated carbocycles. The maximum Gasteiger partial charge on any atom is 0.251 e. The van der Waals surface area contributed by atoms with Gasteiger partial charge >= 0.3 is 0 Å². The molecule has 1 heterocycles. The zero-order valence-corrected chi connectivity index (χ0v) is 25.1. The van der Waals surface area contributed by atoms with Gasteiger partial charge in [-0.15, -0.1) is 10.2 Å². The van der Waals surface area contributed by atoms with E-state index < -0.39 is 0 Å². The molecule has 1 aromatic carbocycles. The molecule has 1 aromatic heterocycles. The maximum absolute atomic E-state index is 12.1. The third kappa shape index (κ3) is 19.3. The highest BCUT2D eigenvalue weighted by molar-refractivity contribution is 5.94. The van der Waals surface area contributed by atoms with Crippen LogP contribution in [0.5, 0.6) is 0 Å². The summed E-state index contributed by atoms with van der Waals surface area (Å²) in [5, 5.41) is 13.0. The Labute approximate surface area is 230 Å². The van der Waals surface area contributed by atoms with Gasteiger partial charge in [-0.05, 0) is 42.5 Å². The van der Waals surface area contributed by atoms with E-state index in [4.69, 9.17) is 13.9 Å². The van der Waals surface area contributed by atoms with Gasteiger partial charge in [0.25, 0.3) is 5.91 Å². The summed E-state index contributed by atoms with van der Waals surface area (Å²) in [5.74, 6) is 2.54. The topological polar surface area (TPSA) is 116 Å². The van der Waals surface area contributed by atoms with E-state index in [1.165, 1.54) is 12.8 Å². The molecule has 9 nitrogen and oxygen atoms in total. The minimum atomic E-state index is -0.182. The Hall–Kier alpha value is -2.78. The summed E-state index contributed by atoms with van der Waals surface area (Å²) >= 11 is 0. The smallest absolute Gasteiger partial charge is 0.251 e. The number of hydrogen-bond acceptors (Lipinski definition) is 7. The number of carbonyl (C=O) groups excluding carboxylic acids is 2. The monoisotopic (exact) mass is 536 g/mol. The SMILES string of the molecule is CC.CC.CCC(C)CC(C)C.Cc1nnc(-c2ccc(C(=O)NCCOCCOCCNC=O)cc2)o1. The van der Waals surface area contributed by atoms with E-state index in [0.29, 0.717) is 63.3 Å². The van der Waals surface area contributed by atoms with E-state index in [1.54, 1.807) is 31.2 Å². The number of aryl methyl sites for hydroxylation is 1. The van der Waals surface area contributed by atoms with Gasteiger partial charge in [0.1, 0.15) is 0 Å². The quantitative estimate of drug-likeness (QED) is 0.222. The first-order chi connectivity index (χ1) is 18.4. The van der Waals surface area contributed by atoms with Crippen LogP contribution in [0.15, 0.2) is 28.7 Å². The molecule has 0 aliphatic carbocycles. The van der Waals surface area contributed by atoms with Crippen LogP contribution < -0.4 is 10.6 Å². The minimum absolute atomic E-state index is 0.182. The Balaban J connectivity index is 0. The molecule has 9 heteroatoms. The number of ether oxygens (including phenoxy) is 2. The molecule has 2 amide bonds. The predicted molar refractivity (Wildman–Crippen MR) is 154 cm³/mol.